The van der Waals surface area contributed by atoms with Crippen LogP contribution in [0.2, 0.25) is 0 Å². The number of hydrogen-bond donors (Lipinski definition) is 3. The Morgan fingerprint density at radius 3 is 2.72 bits per heavy atom. The highest BCUT2D eigenvalue weighted by atomic mass is 16.5. The predicted molar refractivity (Wildman–Crippen MR) is 114 cm³/mol. The summed E-state index contributed by atoms with van der Waals surface area (Å²) >= 11 is 0. The fourth-order valence-electron chi connectivity index (χ4n) is 3.52. The molecule has 0 spiro atoms. The number of nitrogens with zero attached hydrogens (tertiary/aromatic N) is 1. The number of benzene rings is 2. The number of aromatic nitrogens is 2. The van der Waals surface area contributed by atoms with Crippen LogP contribution in [-0.2, 0) is 0 Å². The number of nitrogens with two attached hydrogens (primary N) is 1. The molecule has 0 radical (unpaired) electrons. The maximum Gasteiger partial charge on any atom is 0.267 e. The van der Waals surface area contributed by atoms with Crippen molar-refractivity contribution in [2.75, 3.05) is 19.0 Å². The van der Waals surface area contributed by atoms with Gasteiger partial charge < -0.3 is 20.8 Å². The van der Waals surface area contributed by atoms with Gasteiger partial charge in [-0.25, -0.2) is 0 Å². The van der Waals surface area contributed by atoms with Crippen molar-refractivity contribution < 1.29 is 9.53 Å². The molecule has 4 rings (SSSR count). The summed E-state index contributed by atoms with van der Waals surface area (Å²) < 4.78 is 5.30. The minimum atomic E-state index is -0.544. The second-order valence-corrected chi connectivity index (χ2v) is 6.79. The van der Waals surface area contributed by atoms with E-state index in [0.29, 0.717) is 6.54 Å². The summed E-state index contributed by atoms with van der Waals surface area (Å²) in [6.07, 6.45) is 3.64. The first-order valence-electron chi connectivity index (χ1n) is 9.35. The average Bonchev–Trinajstić information content (AvgIpc) is 3.18. The first-order chi connectivity index (χ1) is 14.2. The van der Waals surface area contributed by atoms with E-state index in [1.54, 1.807) is 19.4 Å². The largest absolute Gasteiger partial charge is 0.497 e. The van der Waals surface area contributed by atoms with Crippen LogP contribution in [0.1, 0.15) is 27.5 Å². The van der Waals surface area contributed by atoms with Crippen molar-refractivity contribution >= 4 is 22.5 Å². The molecule has 6 heteroatoms. The average molecular weight is 386 g/mol. The third-order valence-electron chi connectivity index (χ3n) is 5.04. The molecule has 146 valence electrons. The molecule has 0 aliphatic rings. The number of rotatable bonds is 7. The molecule has 0 saturated heterocycles. The molecule has 2 aromatic carbocycles. The molecule has 4 N–H and O–H groups in total. The van der Waals surface area contributed by atoms with Crippen LogP contribution in [0.15, 0.2) is 73.1 Å². The van der Waals surface area contributed by atoms with Crippen molar-refractivity contribution in [3.63, 3.8) is 0 Å². The minimum absolute atomic E-state index is 0.0854. The second-order valence-electron chi connectivity index (χ2n) is 6.79. The zero-order chi connectivity index (χ0) is 20.2. The summed E-state index contributed by atoms with van der Waals surface area (Å²) in [5.74, 6) is 0.360. The molecular weight excluding hydrogens is 364 g/mol. The normalized spacial score (nSPS) is 11.9. The van der Waals surface area contributed by atoms with Gasteiger partial charge in [-0.1, -0.05) is 30.3 Å². The first kappa shape index (κ1) is 18.6. The van der Waals surface area contributed by atoms with Crippen LogP contribution in [0.25, 0.3) is 10.9 Å². The van der Waals surface area contributed by atoms with Crippen molar-refractivity contribution in [3.8, 4) is 5.75 Å². The molecule has 0 aliphatic heterocycles. The number of nitrogens with one attached hydrogen (secondary N) is 2. The molecule has 6 nitrogen and oxygen atoms in total. The number of methoxy groups -OCH3 is 1. The van der Waals surface area contributed by atoms with Gasteiger partial charge in [0.15, 0.2) is 0 Å². The number of carbonyl (C=O) groups excluding carboxylic acids is 1. The zero-order valence-electron chi connectivity index (χ0n) is 16.1. The number of fused-ring (bicyclic) bond motifs is 1. The molecule has 0 aliphatic carbocycles. The van der Waals surface area contributed by atoms with Crippen LogP contribution < -0.4 is 15.8 Å². The molecule has 29 heavy (non-hydrogen) atoms. The monoisotopic (exact) mass is 386 g/mol. The van der Waals surface area contributed by atoms with Gasteiger partial charge in [0.2, 0.25) is 0 Å². The van der Waals surface area contributed by atoms with Crippen molar-refractivity contribution in [2.45, 2.75) is 5.92 Å². The molecule has 0 bridgehead atoms. The summed E-state index contributed by atoms with van der Waals surface area (Å²) in [4.78, 5) is 18.8. The highest BCUT2D eigenvalue weighted by molar-refractivity contribution is 5.91. The fraction of sp³-hybridized carbons (Fsp3) is 0.130. The molecule has 1 amide bonds. The van der Waals surface area contributed by atoms with Gasteiger partial charge in [0.25, 0.3) is 5.91 Å². The Hall–Kier alpha value is -3.80. The number of para-hydroxylation sites is 1. The zero-order valence-corrected chi connectivity index (χ0v) is 16.1. The third kappa shape index (κ3) is 3.91. The van der Waals surface area contributed by atoms with Gasteiger partial charge in [0.05, 0.1) is 7.11 Å². The topological polar surface area (TPSA) is 93.0 Å². The SMILES string of the molecule is COc1ccc(C(CNc2ccnc(C(N)=O)c2)c2c[nH]c3ccccc23)cc1. The maximum atomic E-state index is 11.4. The second kappa shape index (κ2) is 8.06. The Morgan fingerprint density at radius 1 is 1.17 bits per heavy atom. The van der Waals surface area contributed by atoms with Crippen LogP contribution >= 0.6 is 0 Å². The molecule has 1 atom stereocenters. The molecular formula is C23H22N4O2. The molecule has 2 heterocycles. The molecule has 0 fully saturated rings. The van der Waals surface area contributed by atoms with E-state index in [0.717, 1.165) is 22.5 Å². The smallest absolute Gasteiger partial charge is 0.267 e. The highest BCUT2D eigenvalue weighted by Gasteiger charge is 2.18. The van der Waals surface area contributed by atoms with E-state index in [-0.39, 0.29) is 11.6 Å². The molecule has 2 aromatic heterocycles. The van der Waals surface area contributed by atoms with E-state index in [9.17, 15) is 4.79 Å². The summed E-state index contributed by atoms with van der Waals surface area (Å²) in [5.41, 5.74) is 9.84. The summed E-state index contributed by atoms with van der Waals surface area (Å²) in [6, 6.07) is 19.8. The van der Waals surface area contributed by atoms with E-state index in [4.69, 9.17) is 10.5 Å². The van der Waals surface area contributed by atoms with E-state index >= 15 is 0 Å². The van der Waals surface area contributed by atoms with Crippen LogP contribution in [-0.4, -0.2) is 29.5 Å². The standard InChI is InChI=1S/C23H22N4O2/c1-29-17-8-6-15(7-9-17)19(20-14-27-21-5-3-2-4-18(20)21)13-26-16-10-11-25-22(12-16)23(24)28/h2-12,14,19,27H,13H2,1H3,(H2,24,28)(H,25,26). The lowest BCUT2D eigenvalue weighted by Gasteiger charge is -2.19. The van der Waals surface area contributed by atoms with Crippen LogP contribution in [0, 0.1) is 0 Å². The van der Waals surface area contributed by atoms with Gasteiger partial charge in [0.1, 0.15) is 11.4 Å². The lowest BCUT2D eigenvalue weighted by molar-refractivity contribution is 0.0995. The Morgan fingerprint density at radius 2 is 1.97 bits per heavy atom. The number of primary amides is 1. The van der Waals surface area contributed by atoms with Gasteiger partial charge in [0, 0.05) is 41.4 Å². The Bertz CT molecular complexity index is 1140. The first-order valence-corrected chi connectivity index (χ1v) is 9.35. The Kier molecular flexibility index (Phi) is 5.16. The number of ether oxygens (including phenoxy) is 1. The van der Waals surface area contributed by atoms with Gasteiger partial charge in [-0.2, -0.15) is 0 Å². The van der Waals surface area contributed by atoms with Crippen LogP contribution in [0.5, 0.6) is 5.75 Å². The quantitative estimate of drug-likeness (QED) is 0.449. The van der Waals surface area contributed by atoms with Crippen LogP contribution in [0.3, 0.4) is 0 Å². The maximum absolute atomic E-state index is 11.4. The number of H-pyrrole nitrogens is 1. The third-order valence-corrected chi connectivity index (χ3v) is 5.04. The van der Waals surface area contributed by atoms with Crippen molar-refractivity contribution in [3.05, 3.63) is 89.9 Å². The van der Waals surface area contributed by atoms with Crippen molar-refractivity contribution in [2.24, 2.45) is 5.73 Å². The minimum Gasteiger partial charge on any atom is -0.497 e. The number of hydrogen-bond acceptors (Lipinski definition) is 4. The number of anilines is 1. The molecule has 0 saturated carbocycles. The Labute approximate surface area is 168 Å². The molecule has 4 aromatic rings. The van der Waals surface area contributed by atoms with E-state index in [2.05, 4.69) is 45.7 Å². The Balaban J connectivity index is 1.68. The number of pyridine rings is 1. The summed E-state index contributed by atoms with van der Waals surface area (Å²) in [5, 5.41) is 4.61. The van der Waals surface area contributed by atoms with Gasteiger partial charge in [-0.15, -0.1) is 0 Å². The fourth-order valence-corrected chi connectivity index (χ4v) is 3.52. The predicted octanol–water partition coefficient (Wildman–Crippen LogP) is 3.91. The van der Waals surface area contributed by atoms with Gasteiger partial charge in [-0.05, 0) is 41.5 Å². The lowest BCUT2D eigenvalue weighted by atomic mass is 9.90. The van der Waals surface area contributed by atoms with E-state index < -0.39 is 5.91 Å². The van der Waals surface area contributed by atoms with E-state index in [1.165, 1.54) is 10.9 Å². The molecule has 1 unspecified atom stereocenters. The van der Waals surface area contributed by atoms with E-state index in [1.807, 2.05) is 30.3 Å². The van der Waals surface area contributed by atoms with Crippen molar-refractivity contribution in [1.82, 2.24) is 9.97 Å². The van der Waals surface area contributed by atoms with Crippen molar-refractivity contribution in [1.29, 1.82) is 0 Å². The number of aromatic amines is 1. The van der Waals surface area contributed by atoms with Gasteiger partial charge >= 0.3 is 0 Å². The lowest BCUT2D eigenvalue weighted by Crippen LogP contribution is -2.16. The number of carbonyl (C=O) groups is 1. The summed E-state index contributed by atoms with van der Waals surface area (Å²) in [7, 11) is 1.66. The summed E-state index contributed by atoms with van der Waals surface area (Å²) in [6.45, 7) is 0.635. The van der Waals surface area contributed by atoms with Gasteiger partial charge in [-0.3, -0.25) is 9.78 Å². The highest BCUT2D eigenvalue weighted by Crippen LogP contribution is 2.32. The number of amides is 1. The van der Waals surface area contributed by atoms with Crippen LogP contribution in [0.4, 0.5) is 5.69 Å².